The molecule has 62 valence electrons. The van der Waals surface area contributed by atoms with Crippen molar-refractivity contribution in [2.45, 2.75) is 6.92 Å². The second kappa shape index (κ2) is 3.92. The molecule has 4 heteroatoms. The Kier molecular flexibility index (Phi) is 2.88. The van der Waals surface area contributed by atoms with Crippen molar-refractivity contribution in [3.63, 3.8) is 0 Å². The second-order valence-corrected chi connectivity index (χ2v) is 2.79. The van der Waals surface area contributed by atoms with Crippen LogP contribution >= 0.6 is 12.2 Å². The first kappa shape index (κ1) is 8.80. The second-order valence-electron chi connectivity index (χ2n) is 2.37. The summed E-state index contributed by atoms with van der Waals surface area (Å²) in [4.78, 5) is 0. The Balaban J connectivity index is 2.77. The molecule has 3 nitrogen and oxygen atoms in total. The fraction of sp³-hybridized carbons (Fsp3) is 0.125. The van der Waals surface area contributed by atoms with Crippen molar-refractivity contribution < 1.29 is 0 Å². The molecule has 1 aromatic rings. The molecule has 0 saturated heterocycles. The third-order valence-corrected chi connectivity index (χ3v) is 1.38. The minimum atomic E-state index is 0.0515. The summed E-state index contributed by atoms with van der Waals surface area (Å²) in [5.74, 6) is 0. The van der Waals surface area contributed by atoms with Gasteiger partial charge in [-0.15, -0.1) is 10.2 Å². The van der Waals surface area contributed by atoms with Gasteiger partial charge in [-0.1, -0.05) is 17.7 Å². The third-order valence-electron chi connectivity index (χ3n) is 1.30. The van der Waals surface area contributed by atoms with Crippen LogP contribution in [-0.2, 0) is 0 Å². The van der Waals surface area contributed by atoms with E-state index >= 15 is 0 Å². The molecule has 2 N–H and O–H groups in total. The molecule has 0 amide bonds. The van der Waals surface area contributed by atoms with Crippen LogP contribution in [0.5, 0.6) is 0 Å². The van der Waals surface area contributed by atoms with Crippen LogP contribution in [-0.4, -0.2) is 5.11 Å². The third kappa shape index (κ3) is 2.75. The molecule has 0 unspecified atom stereocenters. The molecular formula is C8H9N3S. The zero-order chi connectivity index (χ0) is 8.97. The van der Waals surface area contributed by atoms with E-state index in [1.165, 1.54) is 5.56 Å². The van der Waals surface area contributed by atoms with E-state index in [0.717, 1.165) is 5.69 Å². The average molecular weight is 179 g/mol. The SMILES string of the molecule is Cc1ccc(N=NC(N)=S)cc1. The summed E-state index contributed by atoms with van der Waals surface area (Å²) >= 11 is 4.54. The van der Waals surface area contributed by atoms with E-state index in [4.69, 9.17) is 5.73 Å². The van der Waals surface area contributed by atoms with E-state index in [-0.39, 0.29) is 5.11 Å². The van der Waals surface area contributed by atoms with Gasteiger partial charge in [-0.25, -0.2) is 0 Å². The van der Waals surface area contributed by atoms with Crippen LogP contribution in [0.4, 0.5) is 5.69 Å². The first-order chi connectivity index (χ1) is 5.68. The Bertz CT molecular complexity index is 303. The lowest BCUT2D eigenvalue weighted by molar-refractivity contribution is 1.27. The lowest BCUT2D eigenvalue weighted by Gasteiger charge is -1.92. The number of thiocarbonyl (C=S) groups is 1. The normalized spacial score (nSPS) is 10.4. The van der Waals surface area contributed by atoms with Gasteiger partial charge in [0.2, 0.25) is 5.11 Å². The molecule has 0 radical (unpaired) electrons. The molecular weight excluding hydrogens is 170 g/mol. The Morgan fingerprint density at radius 3 is 2.42 bits per heavy atom. The summed E-state index contributed by atoms with van der Waals surface area (Å²) in [6.45, 7) is 2.01. The molecule has 0 aliphatic heterocycles. The van der Waals surface area contributed by atoms with E-state index in [1.807, 2.05) is 31.2 Å². The van der Waals surface area contributed by atoms with Gasteiger partial charge in [-0.2, -0.15) is 0 Å². The number of nitrogens with zero attached hydrogens (tertiary/aromatic N) is 2. The van der Waals surface area contributed by atoms with Gasteiger partial charge in [0.05, 0.1) is 5.69 Å². The van der Waals surface area contributed by atoms with E-state index in [9.17, 15) is 0 Å². The van der Waals surface area contributed by atoms with E-state index in [1.54, 1.807) is 0 Å². The number of hydrogen-bond donors (Lipinski definition) is 1. The van der Waals surface area contributed by atoms with Crippen LogP contribution in [0.25, 0.3) is 0 Å². The molecule has 1 rings (SSSR count). The molecule has 12 heavy (non-hydrogen) atoms. The molecule has 1 aromatic carbocycles. The Hall–Kier alpha value is -1.29. The quantitative estimate of drug-likeness (QED) is 0.531. The zero-order valence-corrected chi connectivity index (χ0v) is 7.51. The maximum absolute atomic E-state index is 5.14. The molecule has 0 aliphatic carbocycles. The molecule has 0 heterocycles. The van der Waals surface area contributed by atoms with Crippen LogP contribution < -0.4 is 5.73 Å². The van der Waals surface area contributed by atoms with Crippen molar-refractivity contribution in [1.29, 1.82) is 0 Å². The van der Waals surface area contributed by atoms with E-state index < -0.39 is 0 Å². The minimum Gasteiger partial charge on any atom is -0.373 e. The monoisotopic (exact) mass is 179 g/mol. The largest absolute Gasteiger partial charge is 0.373 e. The number of azo groups is 1. The fourth-order valence-corrected chi connectivity index (χ4v) is 0.759. The lowest BCUT2D eigenvalue weighted by atomic mass is 10.2. The van der Waals surface area contributed by atoms with E-state index in [0.29, 0.717) is 0 Å². The van der Waals surface area contributed by atoms with Gasteiger partial charge < -0.3 is 5.73 Å². The maximum Gasteiger partial charge on any atom is 0.211 e. The smallest absolute Gasteiger partial charge is 0.211 e. The first-order valence-electron chi connectivity index (χ1n) is 3.46. The van der Waals surface area contributed by atoms with Crippen molar-refractivity contribution in [1.82, 2.24) is 0 Å². The molecule has 0 spiro atoms. The van der Waals surface area contributed by atoms with Crippen LogP contribution in [0.2, 0.25) is 0 Å². The topological polar surface area (TPSA) is 50.7 Å². The van der Waals surface area contributed by atoms with Crippen molar-refractivity contribution >= 4 is 23.0 Å². The predicted octanol–water partition coefficient (Wildman–Crippen LogP) is 2.32. The highest BCUT2D eigenvalue weighted by atomic mass is 32.1. The zero-order valence-electron chi connectivity index (χ0n) is 6.69. The molecule has 0 aromatic heterocycles. The Morgan fingerprint density at radius 2 is 1.92 bits per heavy atom. The molecule has 0 bridgehead atoms. The summed E-state index contributed by atoms with van der Waals surface area (Å²) < 4.78 is 0. The number of nitrogens with two attached hydrogens (primary N) is 1. The van der Waals surface area contributed by atoms with Gasteiger partial charge in [-0.3, -0.25) is 0 Å². The van der Waals surface area contributed by atoms with Crippen molar-refractivity contribution in [3.05, 3.63) is 29.8 Å². The van der Waals surface area contributed by atoms with Gasteiger partial charge in [0.1, 0.15) is 0 Å². The summed E-state index contributed by atoms with van der Waals surface area (Å²) in [5, 5.41) is 7.42. The Morgan fingerprint density at radius 1 is 1.33 bits per heavy atom. The van der Waals surface area contributed by atoms with Crippen LogP contribution in [0.3, 0.4) is 0 Å². The highest BCUT2D eigenvalue weighted by molar-refractivity contribution is 7.80. The Labute approximate surface area is 76.3 Å². The number of aryl methyl sites for hydroxylation is 1. The van der Waals surface area contributed by atoms with Crippen molar-refractivity contribution in [2.75, 3.05) is 0 Å². The number of benzene rings is 1. The van der Waals surface area contributed by atoms with Crippen LogP contribution in [0, 0.1) is 6.92 Å². The summed E-state index contributed by atoms with van der Waals surface area (Å²) in [6.07, 6.45) is 0. The van der Waals surface area contributed by atoms with Gasteiger partial charge in [-0.05, 0) is 31.3 Å². The predicted molar refractivity (Wildman–Crippen MR) is 52.5 cm³/mol. The van der Waals surface area contributed by atoms with Crippen molar-refractivity contribution in [2.24, 2.45) is 16.0 Å². The number of hydrogen-bond acceptors (Lipinski definition) is 2. The van der Waals surface area contributed by atoms with Crippen LogP contribution in [0.15, 0.2) is 34.5 Å². The van der Waals surface area contributed by atoms with Gasteiger partial charge in [0, 0.05) is 0 Å². The van der Waals surface area contributed by atoms with E-state index in [2.05, 4.69) is 22.4 Å². The summed E-state index contributed by atoms with van der Waals surface area (Å²) in [6, 6.07) is 7.62. The summed E-state index contributed by atoms with van der Waals surface area (Å²) in [5.41, 5.74) is 7.08. The fourth-order valence-electron chi connectivity index (χ4n) is 0.718. The lowest BCUT2D eigenvalue weighted by Crippen LogP contribution is -2.01. The van der Waals surface area contributed by atoms with Gasteiger partial charge in [0.15, 0.2) is 0 Å². The average Bonchev–Trinajstić information content (AvgIpc) is 2.03. The van der Waals surface area contributed by atoms with Gasteiger partial charge in [0.25, 0.3) is 0 Å². The standard InChI is InChI=1S/C8H9N3S/c1-6-2-4-7(5-3-6)10-11-8(9)12/h2-5H,1H3,(H2,9,12). The molecule has 0 atom stereocenters. The molecule has 0 aliphatic rings. The summed E-state index contributed by atoms with van der Waals surface area (Å²) in [7, 11) is 0. The van der Waals surface area contributed by atoms with Gasteiger partial charge >= 0.3 is 0 Å². The van der Waals surface area contributed by atoms with Crippen LogP contribution in [0.1, 0.15) is 5.56 Å². The maximum atomic E-state index is 5.14. The highest BCUT2D eigenvalue weighted by Crippen LogP contribution is 2.12. The molecule has 0 fully saturated rings. The van der Waals surface area contributed by atoms with Crippen molar-refractivity contribution in [3.8, 4) is 0 Å². The first-order valence-corrected chi connectivity index (χ1v) is 3.87. The number of rotatable bonds is 1. The minimum absolute atomic E-state index is 0.0515. The molecule has 0 saturated carbocycles. The highest BCUT2D eigenvalue weighted by Gasteiger charge is 1.87.